The maximum absolute atomic E-state index is 5.54. The molecule has 1 aromatic carbocycles. The minimum Gasteiger partial charge on any atom is -0.469 e. The zero-order valence-corrected chi connectivity index (χ0v) is 13.7. The molecule has 2 aromatic rings. The summed E-state index contributed by atoms with van der Waals surface area (Å²) in [4.78, 5) is 0. The van der Waals surface area contributed by atoms with Gasteiger partial charge >= 0.3 is 0 Å². The highest BCUT2D eigenvalue weighted by atomic mass is 16.3. The van der Waals surface area contributed by atoms with E-state index in [1.54, 1.807) is 0 Å². The van der Waals surface area contributed by atoms with E-state index in [9.17, 15) is 0 Å². The smallest absolute Gasteiger partial charge is 0.101 e. The number of aryl methyl sites for hydroxylation is 3. The second-order valence-corrected chi connectivity index (χ2v) is 5.62. The van der Waals surface area contributed by atoms with E-state index >= 15 is 0 Å². The van der Waals surface area contributed by atoms with Gasteiger partial charge in [0, 0.05) is 5.56 Å². The molecule has 0 fully saturated rings. The van der Waals surface area contributed by atoms with Gasteiger partial charge in [0.2, 0.25) is 0 Å². The zero-order valence-electron chi connectivity index (χ0n) is 13.7. The quantitative estimate of drug-likeness (QED) is 0.790. The van der Waals surface area contributed by atoms with E-state index in [1.807, 2.05) is 13.2 Å². The van der Waals surface area contributed by atoms with Crippen molar-refractivity contribution in [3.63, 3.8) is 0 Å². The summed E-state index contributed by atoms with van der Waals surface area (Å²) >= 11 is 0. The highest BCUT2D eigenvalue weighted by molar-refractivity contribution is 5.40. The second kappa shape index (κ2) is 7.46. The Hall–Kier alpha value is -1.54. The SMILES string of the molecule is CCCNC(c1coc(C)c1)c1cc(CC)ccc1CC. The van der Waals surface area contributed by atoms with Gasteiger partial charge in [-0.15, -0.1) is 0 Å². The molecular formula is C19H27NO. The van der Waals surface area contributed by atoms with Gasteiger partial charge in [0.05, 0.1) is 12.3 Å². The summed E-state index contributed by atoms with van der Waals surface area (Å²) < 4.78 is 5.54. The summed E-state index contributed by atoms with van der Waals surface area (Å²) in [6, 6.07) is 9.25. The molecule has 2 nitrogen and oxygen atoms in total. The normalized spacial score (nSPS) is 12.6. The lowest BCUT2D eigenvalue weighted by molar-refractivity contribution is 0.523. The van der Waals surface area contributed by atoms with Crippen LogP contribution in [0.5, 0.6) is 0 Å². The Morgan fingerprint density at radius 3 is 2.48 bits per heavy atom. The molecule has 0 radical (unpaired) electrons. The second-order valence-electron chi connectivity index (χ2n) is 5.62. The summed E-state index contributed by atoms with van der Waals surface area (Å²) in [5.41, 5.74) is 5.43. The van der Waals surface area contributed by atoms with Crippen LogP contribution in [-0.4, -0.2) is 6.54 Å². The van der Waals surface area contributed by atoms with Gasteiger partial charge in [0.1, 0.15) is 5.76 Å². The molecule has 0 saturated carbocycles. The van der Waals surface area contributed by atoms with E-state index in [1.165, 1.54) is 22.3 Å². The first-order valence-corrected chi connectivity index (χ1v) is 8.09. The van der Waals surface area contributed by atoms with Gasteiger partial charge in [-0.2, -0.15) is 0 Å². The molecule has 0 aliphatic carbocycles. The molecule has 1 aromatic heterocycles. The fourth-order valence-corrected chi connectivity index (χ4v) is 2.77. The summed E-state index contributed by atoms with van der Waals surface area (Å²) in [5, 5.41) is 3.68. The van der Waals surface area contributed by atoms with Gasteiger partial charge in [-0.25, -0.2) is 0 Å². The molecule has 1 unspecified atom stereocenters. The van der Waals surface area contributed by atoms with Crippen molar-refractivity contribution in [2.75, 3.05) is 6.54 Å². The van der Waals surface area contributed by atoms with E-state index in [0.29, 0.717) is 0 Å². The molecule has 2 rings (SSSR count). The lowest BCUT2D eigenvalue weighted by Gasteiger charge is -2.21. The molecule has 0 aliphatic rings. The zero-order chi connectivity index (χ0) is 15.2. The predicted molar refractivity (Wildman–Crippen MR) is 88.8 cm³/mol. The Labute approximate surface area is 128 Å². The fraction of sp³-hybridized carbons (Fsp3) is 0.474. The van der Waals surface area contributed by atoms with Gasteiger partial charge in [-0.05, 0) is 55.5 Å². The molecule has 114 valence electrons. The highest BCUT2D eigenvalue weighted by Gasteiger charge is 2.18. The Balaban J connectivity index is 2.44. The van der Waals surface area contributed by atoms with E-state index in [2.05, 4.69) is 50.4 Å². The maximum atomic E-state index is 5.54. The molecule has 1 heterocycles. The lowest BCUT2D eigenvalue weighted by Crippen LogP contribution is -2.24. The largest absolute Gasteiger partial charge is 0.469 e. The topological polar surface area (TPSA) is 25.2 Å². The molecular weight excluding hydrogens is 258 g/mol. The summed E-state index contributed by atoms with van der Waals surface area (Å²) in [5.74, 6) is 0.970. The van der Waals surface area contributed by atoms with E-state index in [4.69, 9.17) is 4.42 Å². The first kappa shape index (κ1) is 15.8. The maximum Gasteiger partial charge on any atom is 0.101 e. The first-order valence-electron chi connectivity index (χ1n) is 8.09. The number of rotatable bonds is 7. The van der Waals surface area contributed by atoms with Gasteiger partial charge < -0.3 is 9.73 Å². The number of benzene rings is 1. The number of nitrogens with one attached hydrogen (secondary N) is 1. The molecule has 0 spiro atoms. The standard InChI is InChI=1S/C19H27NO/c1-5-10-20-19(17-11-14(4)21-13-17)18-12-15(6-2)8-9-16(18)7-3/h8-9,11-13,19-20H,5-7,10H2,1-4H3. The van der Waals surface area contributed by atoms with Crippen LogP contribution in [0.2, 0.25) is 0 Å². The van der Waals surface area contributed by atoms with Crippen LogP contribution in [0.4, 0.5) is 0 Å². The van der Waals surface area contributed by atoms with Crippen LogP contribution in [0.3, 0.4) is 0 Å². The molecule has 1 N–H and O–H groups in total. The average molecular weight is 285 g/mol. The number of hydrogen-bond donors (Lipinski definition) is 1. The van der Waals surface area contributed by atoms with Crippen molar-refractivity contribution in [1.82, 2.24) is 5.32 Å². The molecule has 1 atom stereocenters. The van der Waals surface area contributed by atoms with Gasteiger partial charge in [0.25, 0.3) is 0 Å². The van der Waals surface area contributed by atoms with Crippen molar-refractivity contribution in [2.45, 2.75) is 53.0 Å². The van der Waals surface area contributed by atoms with E-state index < -0.39 is 0 Å². The minimum atomic E-state index is 0.226. The molecule has 0 saturated heterocycles. The van der Waals surface area contributed by atoms with Crippen molar-refractivity contribution < 1.29 is 4.42 Å². The third kappa shape index (κ3) is 3.76. The Morgan fingerprint density at radius 1 is 1.10 bits per heavy atom. The predicted octanol–water partition coefficient (Wildman–Crippen LogP) is 4.80. The Morgan fingerprint density at radius 2 is 1.90 bits per heavy atom. The Bertz CT molecular complexity index is 571. The monoisotopic (exact) mass is 285 g/mol. The van der Waals surface area contributed by atoms with Crippen molar-refractivity contribution in [3.8, 4) is 0 Å². The molecule has 0 aliphatic heterocycles. The van der Waals surface area contributed by atoms with Crippen molar-refractivity contribution in [3.05, 3.63) is 58.5 Å². The van der Waals surface area contributed by atoms with Gasteiger partial charge in [-0.3, -0.25) is 0 Å². The average Bonchev–Trinajstić information content (AvgIpc) is 2.93. The third-order valence-corrected chi connectivity index (χ3v) is 3.99. The molecule has 2 heteroatoms. The summed E-state index contributed by atoms with van der Waals surface area (Å²) in [6.07, 6.45) is 5.14. The van der Waals surface area contributed by atoms with Crippen LogP contribution in [-0.2, 0) is 12.8 Å². The van der Waals surface area contributed by atoms with Gasteiger partial charge in [-0.1, -0.05) is 39.0 Å². The fourth-order valence-electron chi connectivity index (χ4n) is 2.77. The van der Waals surface area contributed by atoms with Crippen LogP contribution >= 0.6 is 0 Å². The van der Waals surface area contributed by atoms with Crippen LogP contribution < -0.4 is 5.32 Å². The van der Waals surface area contributed by atoms with Crippen LogP contribution in [0.15, 0.2) is 34.9 Å². The van der Waals surface area contributed by atoms with E-state index in [-0.39, 0.29) is 6.04 Å². The highest BCUT2D eigenvalue weighted by Crippen LogP contribution is 2.28. The van der Waals surface area contributed by atoms with Crippen LogP contribution in [0.25, 0.3) is 0 Å². The van der Waals surface area contributed by atoms with Crippen molar-refractivity contribution in [2.24, 2.45) is 0 Å². The van der Waals surface area contributed by atoms with Gasteiger partial charge in [0.15, 0.2) is 0 Å². The third-order valence-electron chi connectivity index (χ3n) is 3.99. The van der Waals surface area contributed by atoms with Crippen molar-refractivity contribution >= 4 is 0 Å². The first-order chi connectivity index (χ1) is 10.2. The molecule has 0 bridgehead atoms. The Kier molecular flexibility index (Phi) is 5.63. The van der Waals surface area contributed by atoms with Crippen LogP contribution in [0, 0.1) is 6.92 Å². The molecule has 21 heavy (non-hydrogen) atoms. The molecule has 0 amide bonds. The summed E-state index contributed by atoms with van der Waals surface area (Å²) in [6.45, 7) is 9.65. The van der Waals surface area contributed by atoms with E-state index in [0.717, 1.165) is 31.6 Å². The van der Waals surface area contributed by atoms with Crippen molar-refractivity contribution in [1.29, 1.82) is 0 Å². The lowest BCUT2D eigenvalue weighted by atomic mass is 9.92. The number of hydrogen-bond acceptors (Lipinski definition) is 2. The number of furan rings is 1. The minimum absolute atomic E-state index is 0.226. The summed E-state index contributed by atoms with van der Waals surface area (Å²) in [7, 11) is 0. The van der Waals surface area contributed by atoms with Crippen LogP contribution in [0.1, 0.15) is 61.2 Å².